The topological polar surface area (TPSA) is 46.2 Å². The van der Waals surface area contributed by atoms with Crippen LogP contribution in [0.15, 0.2) is 29.2 Å². The SMILES string of the molecule is CCCCCCC(CCl)NS(=O)(=O)c1ccc(C)cc1. The maximum atomic E-state index is 12.2. The van der Waals surface area contributed by atoms with E-state index in [1.165, 1.54) is 12.8 Å². The van der Waals surface area contributed by atoms with Gasteiger partial charge in [0.1, 0.15) is 0 Å². The number of nitrogens with one attached hydrogen (secondary N) is 1. The minimum atomic E-state index is -3.47. The van der Waals surface area contributed by atoms with Gasteiger partial charge in [0.15, 0.2) is 0 Å². The van der Waals surface area contributed by atoms with Crippen molar-refractivity contribution in [2.75, 3.05) is 5.88 Å². The summed E-state index contributed by atoms with van der Waals surface area (Å²) in [6.45, 7) is 4.08. The summed E-state index contributed by atoms with van der Waals surface area (Å²) in [4.78, 5) is 0.298. The molecule has 0 bridgehead atoms. The van der Waals surface area contributed by atoms with Gasteiger partial charge in [0, 0.05) is 11.9 Å². The number of halogens is 1. The Hall–Kier alpha value is -0.580. The Morgan fingerprint density at radius 2 is 1.80 bits per heavy atom. The van der Waals surface area contributed by atoms with Crippen molar-refractivity contribution in [3.05, 3.63) is 29.8 Å². The number of rotatable bonds is 9. The van der Waals surface area contributed by atoms with E-state index in [0.29, 0.717) is 10.8 Å². The van der Waals surface area contributed by atoms with Gasteiger partial charge in [0.25, 0.3) is 0 Å². The van der Waals surface area contributed by atoms with Gasteiger partial charge in [-0.25, -0.2) is 13.1 Å². The highest BCUT2D eigenvalue weighted by molar-refractivity contribution is 7.89. The van der Waals surface area contributed by atoms with E-state index in [-0.39, 0.29) is 6.04 Å². The molecule has 0 fully saturated rings. The van der Waals surface area contributed by atoms with Crippen molar-refractivity contribution in [2.24, 2.45) is 0 Å². The summed E-state index contributed by atoms with van der Waals surface area (Å²) < 4.78 is 27.2. The Labute approximate surface area is 127 Å². The monoisotopic (exact) mass is 317 g/mol. The average Bonchev–Trinajstić information content (AvgIpc) is 2.42. The summed E-state index contributed by atoms with van der Waals surface area (Å²) >= 11 is 5.87. The van der Waals surface area contributed by atoms with Gasteiger partial charge in [-0.2, -0.15) is 0 Å². The molecule has 0 spiro atoms. The molecule has 1 aromatic rings. The first-order chi connectivity index (χ1) is 9.49. The largest absolute Gasteiger partial charge is 0.240 e. The standard InChI is InChI=1S/C15H24ClNO2S/c1-3-4-5-6-7-14(12-16)17-20(18,19)15-10-8-13(2)9-11-15/h8-11,14,17H,3-7,12H2,1-2H3. The molecule has 0 saturated carbocycles. The number of hydrogen-bond donors (Lipinski definition) is 1. The second-order valence-electron chi connectivity index (χ2n) is 5.13. The minimum Gasteiger partial charge on any atom is -0.207 e. The van der Waals surface area contributed by atoms with Gasteiger partial charge in [-0.1, -0.05) is 50.3 Å². The van der Waals surface area contributed by atoms with Crippen molar-refractivity contribution in [2.45, 2.75) is 56.9 Å². The van der Waals surface area contributed by atoms with Crippen LogP contribution >= 0.6 is 11.6 Å². The maximum absolute atomic E-state index is 12.2. The van der Waals surface area contributed by atoms with Crippen LogP contribution < -0.4 is 4.72 Å². The summed E-state index contributed by atoms with van der Waals surface area (Å²) in [5.74, 6) is 0.303. The lowest BCUT2D eigenvalue weighted by atomic mass is 10.1. The molecule has 0 aliphatic carbocycles. The normalized spacial score (nSPS) is 13.3. The van der Waals surface area contributed by atoms with Gasteiger partial charge in [-0.15, -0.1) is 11.6 Å². The molecular weight excluding hydrogens is 294 g/mol. The molecule has 1 rings (SSSR count). The number of hydrogen-bond acceptors (Lipinski definition) is 2. The zero-order valence-corrected chi connectivity index (χ0v) is 13.8. The molecule has 20 heavy (non-hydrogen) atoms. The zero-order chi connectivity index (χ0) is 15.0. The lowest BCUT2D eigenvalue weighted by Crippen LogP contribution is -2.36. The minimum absolute atomic E-state index is 0.195. The Kier molecular flexibility index (Phi) is 7.56. The van der Waals surface area contributed by atoms with Crippen molar-refractivity contribution in [1.29, 1.82) is 0 Å². The Bertz CT molecular complexity index is 485. The van der Waals surface area contributed by atoms with Crippen molar-refractivity contribution < 1.29 is 8.42 Å². The van der Waals surface area contributed by atoms with Crippen molar-refractivity contribution in [1.82, 2.24) is 4.72 Å². The molecule has 0 aliphatic heterocycles. The smallest absolute Gasteiger partial charge is 0.207 e. The molecule has 0 saturated heterocycles. The van der Waals surface area contributed by atoms with Gasteiger partial charge >= 0.3 is 0 Å². The van der Waals surface area contributed by atoms with Gasteiger partial charge in [0.2, 0.25) is 10.0 Å². The van der Waals surface area contributed by atoms with E-state index in [9.17, 15) is 8.42 Å². The molecule has 1 unspecified atom stereocenters. The number of unbranched alkanes of at least 4 members (excludes halogenated alkanes) is 3. The van der Waals surface area contributed by atoms with Crippen molar-refractivity contribution in [3.63, 3.8) is 0 Å². The van der Waals surface area contributed by atoms with E-state index in [2.05, 4.69) is 11.6 Å². The molecule has 1 aromatic carbocycles. The number of alkyl halides is 1. The van der Waals surface area contributed by atoms with Crippen LogP contribution in [0.4, 0.5) is 0 Å². The third kappa shape index (κ3) is 5.81. The van der Waals surface area contributed by atoms with E-state index < -0.39 is 10.0 Å². The third-order valence-corrected chi connectivity index (χ3v) is 5.15. The Morgan fingerprint density at radius 3 is 2.35 bits per heavy atom. The lowest BCUT2D eigenvalue weighted by molar-refractivity contribution is 0.524. The molecule has 0 amide bonds. The molecule has 0 heterocycles. The van der Waals surface area contributed by atoms with Crippen molar-refractivity contribution >= 4 is 21.6 Å². The van der Waals surface area contributed by atoms with Crippen LogP contribution in [-0.2, 0) is 10.0 Å². The highest BCUT2D eigenvalue weighted by Gasteiger charge is 2.19. The first-order valence-corrected chi connectivity index (χ1v) is 9.16. The molecule has 0 radical (unpaired) electrons. The van der Waals surface area contributed by atoms with Gasteiger partial charge in [-0.3, -0.25) is 0 Å². The van der Waals surface area contributed by atoms with Crippen LogP contribution in [0.1, 0.15) is 44.6 Å². The van der Waals surface area contributed by atoms with Crippen LogP contribution in [0, 0.1) is 6.92 Å². The summed E-state index contributed by atoms with van der Waals surface area (Å²) in [7, 11) is -3.47. The highest BCUT2D eigenvalue weighted by atomic mass is 35.5. The summed E-state index contributed by atoms with van der Waals surface area (Å²) in [5.41, 5.74) is 1.04. The quantitative estimate of drug-likeness (QED) is 0.555. The average molecular weight is 318 g/mol. The fourth-order valence-electron chi connectivity index (χ4n) is 1.99. The van der Waals surface area contributed by atoms with E-state index in [4.69, 9.17) is 11.6 Å². The Morgan fingerprint density at radius 1 is 1.15 bits per heavy atom. The summed E-state index contributed by atoms with van der Waals surface area (Å²) in [5, 5.41) is 0. The van der Waals surface area contributed by atoms with E-state index >= 15 is 0 Å². The van der Waals surface area contributed by atoms with Gasteiger partial charge < -0.3 is 0 Å². The zero-order valence-electron chi connectivity index (χ0n) is 12.2. The second kappa shape index (κ2) is 8.65. The summed E-state index contributed by atoms with van der Waals surface area (Å²) in [6.07, 6.45) is 5.26. The fraction of sp³-hybridized carbons (Fsp3) is 0.600. The highest BCUT2D eigenvalue weighted by Crippen LogP contribution is 2.13. The fourth-order valence-corrected chi connectivity index (χ4v) is 3.58. The molecule has 0 aliphatic rings. The van der Waals surface area contributed by atoms with Crippen molar-refractivity contribution in [3.8, 4) is 0 Å². The summed E-state index contributed by atoms with van der Waals surface area (Å²) in [6, 6.07) is 6.65. The van der Waals surface area contributed by atoms with Crippen LogP contribution in [0.25, 0.3) is 0 Å². The molecule has 1 atom stereocenters. The first-order valence-electron chi connectivity index (χ1n) is 7.14. The Balaban J connectivity index is 2.60. The van der Waals surface area contributed by atoms with E-state index in [1.54, 1.807) is 24.3 Å². The van der Waals surface area contributed by atoms with E-state index in [1.807, 2.05) is 6.92 Å². The molecular formula is C15H24ClNO2S. The van der Waals surface area contributed by atoms with Gasteiger partial charge in [-0.05, 0) is 25.5 Å². The second-order valence-corrected chi connectivity index (χ2v) is 7.16. The number of sulfonamides is 1. The number of benzene rings is 1. The first kappa shape index (κ1) is 17.5. The van der Waals surface area contributed by atoms with Crippen LogP contribution in [0.5, 0.6) is 0 Å². The van der Waals surface area contributed by atoms with Crippen LogP contribution in [-0.4, -0.2) is 20.3 Å². The predicted molar refractivity (Wildman–Crippen MR) is 84.8 cm³/mol. The number of aryl methyl sites for hydroxylation is 1. The van der Waals surface area contributed by atoms with Crippen LogP contribution in [0.3, 0.4) is 0 Å². The molecule has 114 valence electrons. The van der Waals surface area contributed by atoms with E-state index in [0.717, 1.165) is 24.8 Å². The predicted octanol–water partition coefficient (Wildman–Crippen LogP) is 3.85. The molecule has 5 heteroatoms. The molecule has 1 N–H and O–H groups in total. The van der Waals surface area contributed by atoms with Crippen LogP contribution in [0.2, 0.25) is 0 Å². The third-order valence-electron chi connectivity index (χ3n) is 3.25. The molecule has 0 aromatic heterocycles. The molecule has 3 nitrogen and oxygen atoms in total. The maximum Gasteiger partial charge on any atom is 0.240 e. The van der Waals surface area contributed by atoms with Gasteiger partial charge in [0.05, 0.1) is 4.90 Å². The lowest BCUT2D eigenvalue weighted by Gasteiger charge is -2.16.